The zero-order valence-electron chi connectivity index (χ0n) is 16.9. The minimum Gasteiger partial charge on any atom is -0.493 e. The van der Waals surface area contributed by atoms with Crippen LogP contribution in [0.3, 0.4) is 0 Å². The van der Waals surface area contributed by atoms with E-state index in [1.807, 2.05) is 6.92 Å². The molecule has 0 spiro atoms. The van der Waals surface area contributed by atoms with E-state index >= 15 is 0 Å². The third-order valence-electron chi connectivity index (χ3n) is 6.39. The summed E-state index contributed by atoms with van der Waals surface area (Å²) in [6, 6.07) is 3.55. The van der Waals surface area contributed by atoms with Gasteiger partial charge in [0.25, 0.3) is 0 Å². The Labute approximate surface area is 169 Å². The summed E-state index contributed by atoms with van der Waals surface area (Å²) in [4.78, 5) is 27.1. The predicted octanol–water partition coefficient (Wildman–Crippen LogP) is 2.58. The molecule has 2 bridgehead atoms. The van der Waals surface area contributed by atoms with Crippen LogP contribution in [0, 0.1) is 5.92 Å². The molecule has 0 N–H and O–H groups in total. The number of carbonyl (C=O) groups excluding carboxylic acids is 2. The molecule has 1 aromatic rings. The monoisotopic (exact) mass is 400 g/mol. The first kappa shape index (κ1) is 19.7. The van der Waals surface area contributed by atoms with Crippen molar-refractivity contribution < 1.29 is 33.3 Å². The van der Waals surface area contributed by atoms with Gasteiger partial charge in [-0.1, -0.05) is 13.0 Å². The second-order valence-electron chi connectivity index (χ2n) is 7.48. The van der Waals surface area contributed by atoms with Crippen molar-refractivity contribution in [3.05, 3.63) is 42.0 Å². The smallest absolute Gasteiger partial charge is 0.231 e. The molecule has 0 amide bonds. The highest BCUT2D eigenvalue weighted by atomic mass is 16.7. The van der Waals surface area contributed by atoms with Gasteiger partial charge in [-0.15, -0.1) is 6.58 Å². The van der Waals surface area contributed by atoms with Gasteiger partial charge in [-0.25, -0.2) is 0 Å². The van der Waals surface area contributed by atoms with Crippen LogP contribution in [0.25, 0.3) is 0 Å². The van der Waals surface area contributed by atoms with Gasteiger partial charge in [-0.05, 0) is 30.2 Å². The van der Waals surface area contributed by atoms with E-state index in [1.165, 1.54) is 21.3 Å². The van der Waals surface area contributed by atoms with Gasteiger partial charge in [-0.2, -0.15) is 0 Å². The summed E-state index contributed by atoms with van der Waals surface area (Å²) in [5.74, 6) is -0.248. The summed E-state index contributed by atoms with van der Waals surface area (Å²) in [5.41, 5.74) is -1.81. The lowest BCUT2D eigenvalue weighted by atomic mass is 9.75. The molecule has 1 aliphatic heterocycles. The summed E-state index contributed by atoms with van der Waals surface area (Å²) < 4.78 is 28.0. The normalized spacial score (nSPS) is 32.3. The molecule has 2 aliphatic carbocycles. The molecule has 1 aromatic carbocycles. The van der Waals surface area contributed by atoms with E-state index in [-0.39, 0.29) is 24.3 Å². The standard InChI is InChI=1S/C22H24O7/c1-6-7-13-10-21(26-4)12(2)17(22(27-5,19(13)23)20(21)24)14-8-15(25-3)18-16(9-14)28-11-29-18/h6,8-10,12,17H,1,7,11H2,2-5H3/t12-,17+,21+,22+/m1/s1. The molecule has 7 heteroatoms. The number of ether oxygens (including phenoxy) is 5. The SMILES string of the molecule is C=CCC1=C[C@@]2(OC)C(=O)[C@@](OC)(C1=O)[C@H](c1cc(OC)c3c(c1)OCO3)[C@H]2C. The van der Waals surface area contributed by atoms with Crippen molar-refractivity contribution in [2.75, 3.05) is 28.1 Å². The Hall–Kier alpha value is -2.64. The first-order valence-electron chi connectivity index (χ1n) is 9.41. The quantitative estimate of drug-likeness (QED) is 0.536. The third kappa shape index (κ3) is 2.31. The lowest BCUT2D eigenvalue weighted by Crippen LogP contribution is -2.57. The molecular formula is C22H24O7. The van der Waals surface area contributed by atoms with Gasteiger partial charge in [0, 0.05) is 31.6 Å². The van der Waals surface area contributed by atoms with Crippen molar-refractivity contribution in [2.24, 2.45) is 5.92 Å². The van der Waals surface area contributed by atoms with Crippen molar-refractivity contribution in [1.29, 1.82) is 0 Å². The van der Waals surface area contributed by atoms with Gasteiger partial charge in [0.1, 0.15) is 0 Å². The highest BCUT2D eigenvalue weighted by molar-refractivity contribution is 6.26. The Morgan fingerprint density at radius 3 is 2.59 bits per heavy atom. The minimum absolute atomic E-state index is 0.0791. The summed E-state index contributed by atoms with van der Waals surface area (Å²) in [7, 11) is 4.40. The molecule has 0 unspecified atom stereocenters. The van der Waals surface area contributed by atoms with Gasteiger partial charge < -0.3 is 23.7 Å². The van der Waals surface area contributed by atoms with E-state index in [9.17, 15) is 9.59 Å². The first-order valence-corrected chi connectivity index (χ1v) is 9.41. The number of fused-ring (bicyclic) bond motifs is 3. The van der Waals surface area contributed by atoms with Crippen LogP contribution in [-0.2, 0) is 19.1 Å². The van der Waals surface area contributed by atoms with Crippen LogP contribution in [0.15, 0.2) is 36.4 Å². The predicted molar refractivity (Wildman–Crippen MR) is 103 cm³/mol. The maximum Gasteiger partial charge on any atom is 0.231 e. The van der Waals surface area contributed by atoms with Crippen molar-refractivity contribution in [2.45, 2.75) is 30.5 Å². The van der Waals surface area contributed by atoms with Crippen molar-refractivity contribution in [3.8, 4) is 17.2 Å². The fraction of sp³-hybridized carbons (Fsp3) is 0.455. The molecule has 0 aromatic heterocycles. The van der Waals surface area contributed by atoms with Crippen molar-refractivity contribution in [3.63, 3.8) is 0 Å². The Kier molecular flexibility index (Phi) is 4.55. The number of rotatable bonds is 6. The molecule has 3 aliphatic rings. The zero-order chi connectivity index (χ0) is 21.0. The molecule has 0 saturated heterocycles. The lowest BCUT2D eigenvalue weighted by Gasteiger charge is -2.35. The van der Waals surface area contributed by atoms with Crippen LogP contribution in [-0.4, -0.2) is 50.9 Å². The Morgan fingerprint density at radius 1 is 1.21 bits per heavy atom. The Morgan fingerprint density at radius 2 is 1.97 bits per heavy atom. The average Bonchev–Trinajstić information content (AvgIpc) is 3.25. The van der Waals surface area contributed by atoms with Gasteiger partial charge in [0.15, 0.2) is 28.5 Å². The number of benzene rings is 1. The minimum atomic E-state index is -1.69. The molecule has 4 rings (SSSR count). The molecule has 1 fully saturated rings. The highest BCUT2D eigenvalue weighted by Gasteiger charge is 2.73. The van der Waals surface area contributed by atoms with Gasteiger partial charge >= 0.3 is 0 Å². The highest BCUT2D eigenvalue weighted by Crippen LogP contribution is 2.59. The maximum atomic E-state index is 13.6. The maximum absolute atomic E-state index is 13.6. The molecule has 1 saturated carbocycles. The van der Waals surface area contributed by atoms with E-state index < -0.39 is 17.1 Å². The second kappa shape index (κ2) is 6.71. The van der Waals surface area contributed by atoms with Crippen LogP contribution in [0.5, 0.6) is 17.2 Å². The number of ketones is 2. The van der Waals surface area contributed by atoms with Gasteiger partial charge in [0.05, 0.1) is 7.11 Å². The van der Waals surface area contributed by atoms with E-state index in [4.69, 9.17) is 23.7 Å². The van der Waals surface area contributed by atoms with Crippen molar-refractivity contribution in [1.82, 2.24) is 0 Å². The van der Waals surface area contributed by atoms with Crippen LogP contribution < -0.4 is 14.2 Å². The van der Waals surface area contributed by atoms with Crippen LogP contribution >= 0.6 is 0 Å². The molecule has 4 atom stereocenters. The fourth-order valence-corrected chi connectivity index (χ4v) is 5.05. The number of carbonyl (C=O) groups is 2. The summed E-state index contributed by atoms with van der Waals surface area (Å²) in [6.45, 7) is 5.70. The van der Waals surface area contributed by atoms with Gasteiger partial charge in [-0.3, -0.25) is 9.59 Å². The van der Waals surface area contributed by atoms with E-state index in [1.54, 1.807) is 24.3 Å². The Balaban J connectivity index is 1.96. The molecule has 7 nitrogen and oxygen atoms in total. The molecule has 29 heavy (non-hydrogen) atoms. The molecule has 1 heterocycles. The molecule has 154 valence electrons. The lowest BCUT2D eigenvalue weighted by molar-refractivity contribution is -0.159. The topological polar surface area (TPSA) is 80.3 Å². The first-order chi connectivity index (χ1) is 13.9. The van der Waals surface area contributed by atoms with E-state index in [0.29, 0.717) is 34.8 Å². The average molecular weight is 400 g/mol. The number of hydrogen-bond acceptors (Lipinski definition) is 7. The van der Waals surface area contributed by atoms with E-state index in [0.717, 1.165) is 0 Å². The van der Waals surface area contributed by atoms with Crippen LogP contribution in [0.4, 0.5) is 0 Å². The summed E-state index contributed by atoms with van der Waals surface area (Å²) in [6.07, 6.45) is 3.60. The molecule has 0 radical (unpaired) electrons. The second-order valence-corrected chi connectivity index (χ2v) is 7.48. The number of allylic oxidation sites excluding steroid dienone is 1. The summed E-state index contributed by atoms with van der Waals surface area (Å²) >= 11 is 0. The summed E-state index contributed by atoms with van der Waals surface area (Å²) in [5, 5.41) is 0. The Bertz CT molecular complexity index is 933. The zero-order valence-corrected chi connectivity index (χ0v) is 16.9. The van der Waals surface area contributed by atoms with Gasteiger partial charge in [0.2, 0.25) is 18.3 Å². The third-order valence-corrected chi connectivity index (χ3v) is 6.39. The van der Waals surface area contributed by atoms with E-state index in [2.05, 4.69) is 6.58 Å². The fourth-order valence-electron chi connectivity index (χ4n) is 5.05. The van der Waals surface area contributed by atoms with Crippen molar-refractivity contribution >= 4 is 11.6 Å². The van der Waals surface area contributed by atoms with Crippen LogP contribution in [0.2, 0.25) is 0 Å². The molecular weight excluding hydrogens is 376 g/mol. The number of methoxy groups -OCH3 is 3. The largest absolute Gasteiger partial charge is 0.493 e. The van der Waals surface area contributed by atoms with Crippen LogP contribution in [0.1, 0.15) is 24.8 Å². The number of hydrogen-bond donors (Lipinski definition) is 0. The number of Topliss-reactive ketones (excluding diaryl/α,β-unsaturated/α-hetero) is 2.